The maximum absolute atomic E-state index is 11.5. The summed E-state index contributed by atoms with van der Waals surface area (Å²) in [5, 5.41) is 9.19. The molecule has 0 atom stereocenters. The predicted molar refractivity (Wildman–Crippen MR) is 78.7 cm³/mol. The van der Waals surface area contributed by atoms with Crippen LogP contribution in [0.1, 0.15) is 32.9 Å². The number of aliphatic hydroxyl groups excluding tert-OH is 1. The van der Waals surface area contributed by atoms with Gasteiger partial charge in [-0.25, -0.2) is 9.78 Å². The summed E-state index contributed by atoms with van der Waals surface area (Å²) in [5.74, 6) is 5.43. The molecule has 4 nitrogen and oxygen atoms in total. The molecule has 1 heterocycles. The van der Waals surface area contributed by atoms with E-state index in [1.165, 1.54) is 12.7 Å². The Labute approximate surface area is 123 Å². The van der Waals surface area contributed by atoms with E-state index in [1.807, 2.05) is 31.2 Å². The molecule has 0 aliphatic carbocycles. The Morgan fingerprint density at radius 2 is 1.86 bits per heavy atom. The topological polar surface area (TPSA) is 59.4 Å². The molecule has 4 heteroatoms. The quantitative estimate of drug-likeness (QED) is 0.676. The molecule has 2 aromatic rings. The van der Waals surface area contributed by atoms with E-state index in [2.05, 4.69) is 21.6 Å². The molecular formula is C17H15NO3. The lowest BCUT2D eigenvalue weighted by Gasteiger charge is -2.02. The van der Waals surface area contributed by atoms with Gasteiger partial charge in [-0.1, -0.05) is 29.5 Å². The summed E-state index contributed by atoms with van der Waals surface area (Å²) >= 11 is 0. The van der Waals surface area contributed by atoms with Gasteiger partial charge in [-0.15, -0.1) is 0 Å². The molecule has 2 rings (SSSR count). The van der Waals surface area contributed by atoms with Crippen molar-refractivity contribution in [2.75, 3.05) is 7.11 Å². The first-order valence-corrected chi connectivity index (χ1v) is 6.41. The molecule has 0 saturated heterocycles. The van der Waals surface area contributed by atoms with E-state index in [9.17, 15) is 9.90 Å². The minimum Gasteiger partial charge on any atom is -0.464 e. The van der Waals surface area contributed by atoms with Gasteiger partial charge in [0.2, 0.25) is 0 Å². The van der Waals surface area contributed by atoms with Crippen molar-refractivity contribution in [3.05, 3.63) is 64.5 Å². The van der Waals surface area contributed by atoms with Crippen LogP contribution in [0.4, 0.5) is 0 Å². The van der Waals surface area contributed by atoms with E-state index in [0.29, 0.717) is 11.3 Å². The summed E-state index contributed by atoms with van der Waals surface area (Å²) in [6, 6.07) is 11.0. The zero-order valence-electron chi connectivity index (χ0n) is 11.9. The molecule has 21 heavy (non-hydrogen) atoms. The number of rotatable bonds is 2. The van der Waals surface area contributed by atoms with E-state index in [-0.39, 0.29) is 12.3 Å². The SMILES string of the molecule is COC(=O)c1cc(C#Cc2ccc(C)cc2)cc(CO)n1. The number of aliphatic hydroxyl groups is 1. The fraction of sp³-hybridized carbons (Fsp3) is 0.176. The predicted octanol–water partition coefficient (Wildman–Crippen LogP) is 2.07. The molecule has 0 saturated carbocycles. The van der Waals surface area contributed by atoms with Crippen LogP contribution in [0.15, 0.2) is 36.4 Å². The van der Waals surface area contributed by atoms with Crippen LogP contribution in [-0.4, -0.2) is 23.2 Å². The Kier molecular flexibility index (Phi) is 4.70. The molecule has 0 radical (unpaired) electrons. The monoisotopic (exact) mass is 281 g/mol. The molecule has 0 spiro atoms. The zero-order valence-corrected chi connectivity index (χ0v) is 11.9. The number of carbonyl (C=O) groups is 1. The van der Waals surface area contributed by atoms with Gasteiger partial charge >= 0.3 is 5.97 Å². The lowest BCUT2D eigenvalue weighted by atomic mass is 10.1. The Morgan fingerprint density at radius 1 is 1.19 bits per heavy atom. The van der Waals surface area contributed by atoms with Crippen LogP contribution < -0.4 is 0 Å². The van der Waals surface area contributed by atoms with Crippen LogP contribution in [0.3, 0.4) is 0 Å². The number of methoxy groups -OCH3 is 1. The maximum atomic E-state index is 11.5. The van der Waals surface area contributed by atoms with Crippen molar-refractivity contribution >= 4 is 5.97 Å². The number of carbonyl (C=O) groups excluding carboxylic acids is 1. The third-order valence-corrected chi connectivity index (χ3v) is 2.84. The van der Waals surface area contributed by atoms with Gasteiger partial charge in [0.05, 0.1) is 19.4 Å². The Morgan fingerprint density at radius 3 is 2.48 bits per heavy atom. The average Bonchev–Trinajstić information content (AvgIpc) is 2.53. The summed E-state index contributed by atoms with van der Waals surface area (Å²) in [5.41, 5.74) is 3.17. The largest absolute Gasteiger partial charge is 0.464 e. The standard InChI is InChI=1S/C17H15NO3/c1-12-3-5-13(6-4-12)7-8-14-9-15(11-19)18-16(10-14)17(20)21-2/h3-6,9-10,19H,11H2,1-2H3. The second-order valence-corrected chi connectivity index (χ2v) is 4.50. The number of hydrogen-bond donors (Lipinski definition) is 1. The minimum atomic E-state index is -0.552. The summed E-state index contributed by atoms with van der Waals surface area (Å²) < 4.78 is 4.64. The van der Waals surface area contributed by atoms with Crippen LogP contribution in [-0.2, 0) is 11.3 Å². The van der Waals surface area contributed by atoms with Crippen molar-refractivity contribution in [3.8, 4) is 11.8 Å². The van der Waals surface area contributed by atoms with Crippen molar-refractivity contribution in [1.82, 2.24) is 4.98 Å². The normalized spacial score (nSPS) is 9.67. The lowest BCUT2D eigenvalue weighted by molar-refractivity contribution is 0.0593. The lowest BCUT2D eigenvalue weighted by Crippen LogP contribution is -2.07. The number of esters is 1. The first-order valence-electron chi connectivity index (χ1n) is 6.41. The van der Waals surface area contributed by atoms with E-state index in [4.69, 9.17) is 0 Å². The number of benzene rings is 1. The summed E-state index contributed by atoms with van der Waals surface area (Å²) in [6.07, 6.45) is 0. The Balaban J connectivity index is 2.35. The van der Waals surface area contributed by atoms with E-state index < -0.39 is 5.97 Å². The van der Waals surface area contributed by atoms with Gasteiger partial charge in [0.15, 0.2) is 0 Å². The second-order valence-electron chi connectivity index (χ2n) is 4.50. The minimum absolute atomic E-state index is 0.136. The third-order valence-electron chi connectivity index (χ3n) is 2.84. The van der Waals surface area contributed by atoms with Crippen LogP contribution in [0.25, 0.3) is 0 Å². The number of nitrogens with zero attached hydrogens (tertiary/aromatic N) is 1. The van der Waals surface area contributed by atoms with Gasteiger partial charge in [0, 0.05) is 11.1 Å². The number of aromatic nitrogens is 1. The Hall–Kier alpha value is -2.64. The highest BCUT2D eigenvalue weighted by molar-refractivity contribution is 5.87. The molecule has 0 fully saturated rings. The van der Waals surface area contributed by atoms with Gasteiger partial charge in [0.1, 0.15) is 5.69 Å². The summed E-state index contributed by atoms with van der Waals surface area (Å²) in [6.45, 7) is 1.75. The van der Waals surface area contributed by atoms with Crippen molar-refractivity contribution < 1.29 is 14.6 Å². The number of ether oxygens (including phenoxy) is 1. The molecular weight excluding hydrogens is 266 g/mol. The highest BCUT2D eigenvalue weighted by Gasteiger charge is 2.09. The molecule has 1 N–H and O–H groups in total. The molecule has 0 unspecified atom stereocenters. The first-order chi connectivity index (χ1) is 10.1. The third kappa shape index (κ3) is 3.91. The van der Waals surface area contributed by atoms with Gasteiger partial charge in [0.25, 0.3) is 0 Å². The second kappa shape index (κ2) is 6.69. The van der Waals surface area contributed by atoms with Crippen molar-refractivity contribution in [2.24, 2.45) is 0 Å². The summed E-state index contributed by atoms with van der Waals surface area (Å²) in [4.78, 5) is 15.5. The fourth-order valence-corrected chi connectivity index (χ4v) is 1.73. The number of aryl methyl sites for hydroxylation is 1. The smallest absolute Gasteiger partial charge is 0.356 e. The molecule has 106 valence electrons. The highest BCUT2D eigenvalue weighted by Crippen LogP contribution is 2.08. The van der Waals surface area contributed by atoms with E-state index in [0.717, 1.165) is 5.56 Å². The molecule has 0 bridgehead atoms. The van der Waals surface area contributed by atoms with Crippen molar-refractivity contribution in [3.63, 3.8) is 0 Å². The van der Waals surface area contributed by atoms with E-state index >= 15 is 0 Å². The van der Waals surface area contributed by atoms with Crippen LogP contribution in [0.5, 0.6) is 0 Å². The molecule has 0 aliphatic heterocycles. The molecule has 0 aliphatic rings. The molecule has 1 aromatic carbocycles. The molecule has 1 aromatic heterocycles. The number of pyridine rings is 1. The number of hydrogen-bond acceptors (Lipinski definition) is 4. The first kappa shape index (κ1) is 14.8. The Bertz CT molecular complexity index is 709. The van der Waals surface area contributed by atoms with Crippen LogP contribution in [0, 0.1) is 18.8 Å². The zero-order chi connectivity index (χ0) is 15.2. The fourth-order valence-electron chi connectivity index (χ4n) is 1.73. The van der Waals surface area contributed by atoms with Crippen LogP contribution >= 0.6 is 0 Å². The molecule has 0 amide bonds. The average molecular weight is 281 g/mol. The van der Waals surface area contributed by atoms with E-state index in [1.54, 1.807) is 12.1 Å². The van der Waals surface area contributed by atoms with Gasteiger partial charge < -0.3 is 9.84 Å². The maximum Gasteiger partial charge on any atom is 0.356 e. The van der Waals surface area contributed by atoms with Gasteiger partial charge in [-0.05, 0) is 31.2 Å². The highest BCUT2D eigenvalue weighted by atomic mass is 16.5. The summed E-state index contributed by atoms with van der Waals surface area (Å²) in [7, 11) is 1.29. The van der Waals surface area contributed by atoms with Crippen molar-refractivity contribution in [2.45, 2.75) is 13.5 Å². The van der Waals surface area contributed by atoms with Gasteiger partial charge in [-0.3, -0.25) is 0 Å². The van der Waals surface area contributed by atoms with Crippen molar-refractivity contribution in [1.29, 1.82) is 0 Å². The van der Waals surface area contributed by atoms with Crippen LogP contribution in [0.2, 0.25) is 0 Å². The van der Waals surface area contributed by atoms with Gasteiger partial charge in [-0.2, -0.15) is 0 Å².